The summed E-state index contributed by atoms with van der Waals surface area (Å²) in [5.41, 5.74) is 1.68. The smallest absolute Gasteiger partial charge is 0.0767 e. The van der Waals surface area contributed by atoms with Crippen LogP contribution >= 0.6 is 0 Å². The maximum atomic E-state index is 9.65. The van der Waals surface area contributed by atoms with Crippen LogP contribution in [0.2, 0.25) is 0 Å². The number of aromatic nitrogens is 2. The fourth-order valence-electron chi connectivity index (χ4n) is 1.65. The van der Waals surface area contributed by atoms with Crippen molar-refractivity contribution in [1.82, 2.24) is 15.1 Å². The summed E-state index contributed by atoms with van der Waals surface area (Å²) in [6.45, 7) is 6.38. The van der Waals surface area contributed by atoms with Gasteiger partial charge in [0.15, 0.2) is 0 Å². The summed E-state index contributed by atoms with van der Waals surface area (Å²) in [5, 5.41) is 17.5. The molecular weight excluding hydrogens is 238 g/mol. The van der Waals surface area contributed by atoms with Crippen LogP contribution in [0.15, 0.2) is 42.6 Å². The summed E-state index contributed by atoms with van der Waals surface area (Å²) < 4.78 is 1.85. The van der Waals surface area contributed by atoms with Crippen molar-refractivity contribution in [2.75, 3.05) is 0 Å². The fourth-order valence-corrected chi connectivity index (χ4v) is 1.65. The van der Waals surface area contributed by atoms with Gasteiger partial charge in [-0.25, -0.2) is 4.68 Å². The minimum atomic E-state index is -0.413. The van der Waals surface area contributed by atoms with E-state index < -0.39 is 6.10 Å². The summed E-state index contributed by atoms with van der Waals surface area (Å²) in [6, 6.07) is 12.0. The van der Waals surface area contributed by atoms with Crippen molar-refractivity contribution in [2.24, 2.45) is 0 Å². The highest BCUT2D eigenvalue weighted by Gasteiger charge is 2.23. The third-order valence-corrected chi connectivity index (χ3v) is 3.43. The number of hydrogen-bond acceptors (Lipinski definition) is 3. The minimum Gasteiger partial charge on any atom is -0.392 e. The van der Waals surface area contributed by atoms with E-state index in [0.717, 1.165) is 11.4 Å². The lowest BCUT2D eigenvalue weighted by Crippen LogP contribution is -2.47. The Kier molecular flexibility index (Phi) is 4.02. The van der Waals surface area contributed by atoms with E-state index in [4.69, 9.17) is 0 Å². The predicted molar refractivity (Wildman–Crippen MR) is 76.2 cm³/mol. The van der Waals surface area contributed by atoms with Crippen molar-refractivity contribution >= 4 is 0 Å². The fraction of sp³-hybridized carbons (Fsp3) is 0.400. The number of aliphatic hydroxyl groups excluding tert-OH is 1. The Morgan fingerprint density at radius 1 is 1.26 bits per heavy atom. The van der Waals surface area contributed by atoms with Gasteiger partial charge in [-0.1, -0.05) is 18.2 Å². The molecule has 2 aromatic rings. The zero-order valence-corrected chi connectivity index (χ0v) is 11.7. The van der Waals surface area contributed by atoms with Crippen molar-refractivity contribution in [3.8, 4) is 5.69 Å². The van der Waals surface area contributed by atoms with Crippen LogP contribution in [0.25, 0.3) is 5.69 Å². The van der Waals surface area contributed by atoms with Gasteiger partial charge in [0, 0.05) is 18.3 Å². The Bertz CT molecular complexity index is 517. The lowest BCUT2D eigenvalue weighted by Gasteiger charge is -2.29. The van der Waals surface area contributed by atoms with Crippen LogP contribution < -0.4 is 5.32 Å². The number of hydrogen-bond donors (Lipinski definition) is 2. The molecule has 1 aromatic carbocycles. The molecule has 0 amide bonds. The van der Waals surface area contributed by atoms with E-state index in [1.54, 1.807) is 6.92 Å². The monoisotopic (exact) mass is 259 g/mol. The van der Waals surface area contributed by atoms with E-state index in [9.17, 15) is 5.11 Å². The number of nitrogens with zero attached hydrogens (tertiary/aromatic N) is 2. The summed E-state index contributed by atoms with van der Waals surface area (Å²) in [5.74, 6) is 0. The van der Waals surface area contributed by atoms with Crippen LogP contribution in [-0.4, -0.2) is 26.5 Å². The molecule has 1 aromatic heterocycles. The van der Waals surface area contributed by atoms with Crippen molar-refractivity contribution in [1.29, 1.82) is 0 Å². The Labute approximate surface area is 114 Å². The van der Waals surface area contributed by atoms with Gasteiger partial charge in [0.25, 0.3) is 0 Å². The topological polar surface area (TPSA) is 50.1 Å². The molecule has 0 fully saturated rings. The van der Waals surface area contributed by atoms with Crippen LogP contribution in [-0.2, 0) is 6.54 Å². The number of para-hydroxylation sites is 1. The van der Waals surface area contributed by atoms with Crippen molar-refractivity contribution in [2.45, 2.75) is 39.0 Å². The Morgan fingerprint density at radius 3 is 2.58 bits per heavy atom. The largest absolute Gasteiger partial charge is 0.392 e. The molecule has 4 nitrogen and oxygen atoms in total. The molecule has 0 spiro atoms. The van der Waals surface area contributed by atoms with Gasteiger partial charge in [-0.2, -0.15) is 5.10 Å². The standard InChI is InChI=1S/C15H21N3O/c1-12(19)15(2,3)16-11-13-9-10-18(17-13)14-7-5-4-6-8-14/h4-10,12,16,19H,11H2,1-3H3. The SMILES string of the molecule is CC(O)C(C)(C)NCc1ccn(-c2ccccc2)n1. The second kappa shape index (κ2) is 5.55. The van der Waals surface area contributed by atoms with Gasteiger partial charge in [-0.05, 0) is 39.0 Å². The molecule has 4 heteroatoms. The Morgan fingerprint density at radius 2 is 1.95 bits per heavy atom. The third-order valence-electron chi connectivity index (χ3n) is 3.43. The molecule has 19 heavy (non-hydrogen) atoms. The molecule has 0 saturated carbocycles. The number of rotatable bonds is 5. The first-order valence-electron chi connectivity index (χ1n) is 6.52. The van der Waals surface area contributed by atoms with Crippen LogP contribution in [0, 0.1) is 0 Å². The molecule has 0 aliphatic carbocycles. The van der Waals surface area contributed by atoms with Crippen molar-refractivity contribution in [3.05, 3.63) is 48.3 Å². The van der Waals surface area contributed by atoms with Gasteiger partial charge in [-0.15, -0.1) is 0 Å². The number of benzene rings is 1. The lowest BCUT2D eigenvalue weighted by atomic mass is 9.99. The quantitative estimate of drug-likeness (QED) is 0.864. The second-order valence-corrected chi connectivity index (χ2v) is 5.34. The molecule has 0 aliphatic rings. The first-order chi connectivity index (χ1) is 8.99. The molecule has 2 N–H and O–H groups in total. The number of nitrogens with one attached hydrogen (secondary N) is 1. The highest BCUT2D eigenvalue weighted by Crippen LogP contribution is 2.11. The lowest BCUT2D eigenvalue weighted by molar-refractivity contribution is 0.0954. The van der Waals surface area contributed by atoms with Crippen LogP contribution in [0.1, 0.15) is 26.5 Å². The van der Waals surface area contributed by atoms with Gasteiger partial charge < -0.3 is 10.4 Å². The highest BCUT2D eigenvalue weighted by molar-refractivity contribution is 5.30. The molecule has 102 valence electrons. The third kappa shape index (κ3) is 3.43. The average Bonchev–Trinajstić information content (AvgIpc) is 2.86. The maximum absolute atomic E-state index is 9.65. The van der Waals surface area contributed by atoms with Gasteiger partial charge in [0.1, 0.15) is 0 Å². The maximum Gasteiger partial charge on any atom is 0.0767 e. The van der Waals surface area contributed by atoms with E-state index in [1.165, 1.54) is 0 Å². The molecule has 1 heterocycles. The highest BCUT2D eigenvalue weighted by atomic mass is 16.3. The normalized spacial score (nSPS) is 13.5. The van der Waals surface area contributed by atoms with Gasteiger partial charge in [0.05, 0.1) is 17.5 Å². The van der Waals surface area contributed by atoms with Gasteiger partial charge in [0.2, 0.25) is 0 Å². The summed E-state index contributed by atoms with van der Waals surface area (Å²) in [4.78, 5) is 0. The van der Waals surface area contributed by atoms with Crippen molar-refractivity contribution in [3.63, 3.8) is 0 Å². The molecule has 1 atom stereocenters. The zero-order valence-electron chi connectivity index (χ0n) is 11.7. The second-order valence-electron chi connectivity index (χ2n) is 5.34. The molecule has 1 unspecified atom stereocenters. The zero-order chi connectivity index (χ0) is 13.9. The minimum absolute atomic E-state index is 0.323. The van der Waals surface area contributed by atoms with Gasteiger partial charge >= 0.3 is 0 Å². The molecule has 2 rings (SSSR count). The first kappa shape index (κ1) is 13.8. The van der Waals surface area contributed by atoms with Gasteiger partial charge in [-0.3, -0.25) is 0 Å². The van der Waals surface area contributed by atoms with E-state index in [0.29, 0.717) is 6.54 Å². The van der Waals surface area contributed by atoms with Crippen LogP contribution in [0.5, 0.6) is 0 Å². The predicted octanol–water partition coefficient (Wildman–Crippen LogP) is 2.12. The van der Waals surface area contributed by atoms with E-state index >= 15 is 0 Å². The summed E-state index contributed by atoms with van der Waals surface area (Å²) >= 11 is 0. The van der Waals surface area contributed by atoms with Crippen molar-refractivity contribution < 1.29 is 5.11 Å². The van der Waals surface area contributed by atoms with E-state index in [1.807, 2.05) is 61.1 Å². The van der Waals surface area contributed by atoms with E-state index in [-0.39, 0.29) is 5.54 Å². The van der Waals surface area contributed by atoms with E-state index in [2.05, 4.69) is 10.4 Å². The molecule has 0 saturated heterocycles. The Hall–Kier alpha value is -1.65. The van der Waals surface area contributed by atoms with Crippen LogP contribution in [0.4, 0.5) is 0 Å². The summed E-state index contributed by atoms with van der Waals surface area (Å²) in [6.07, 6.45) is 1.53. The number of aliphatic hydroxyl groups is 1. The molecular formula is C15H21N3O. The molecule has 0 aliphatic heterocycles. The Balaban J connectivity index is 2.03. The van der Waals surface area contributed by atoms with Crippen LogP contribution in [0.3, 0.4) is 0 Å². The molecule has 0 radical (unpaired) electrons. The summed E-state index contributed by atoms with van der Waals surface area (Å²) in [7, 11) is 0. The average molecular weight is 259 g/mol. The molecule has 0 bridgehead atoms. The first-order valence-corrected chi connectivity index (χ1v) is 6.52.